The van der Waals surface area contributed by atoms with Gasteiger partial charge >= 0.3 is 18.0 Å². The van der Waals surface area contributed by atoms with Crippen molar-refractivity contribution < 1.29 is 32.6 Å². The van der Waals surface area contributed by atoms with Crippen LogP contribution in [0.15, 0.2) is 29.4 Å². The van der Waals surface area contributed by atoms with Crippen LogP contribution in [-0.4, -0.2) is 46.7 Å². The second-order valence-electron chi connectivity index (χ2n) is 5.71. The van der Waals surface area contributed by atoms with Crippen molar-refractivity contribution in [2.24, 2.45) is 5.10 Å². The fourth-order valence-electron chi connectivity index (χ4n) is 2.43. The third-order valence-corrected chi connectivity index (χ3v) is 3.77. The third kappa shape index (κ3) is 3.79. The molecule has 1 aromatic rings. The van der Waals surface area contributed by atoms with Crippen molar-refractivity contribution in [3.05, 3.63) is 24.3 Å². The second-order valence-corrected chi connectivity index (χ2v) is 5.71. The molecular formula is C16H18F3N3O4. The van der Waals surface area contributed by atoms with E-state index in [1.165, 1.54) is 31.4 Å². The zero-order chi connectivity index (χ0) is 19.5. The topological polar surface area (TPSA) is 91.2 Å². The Labute approximate surface area is 147 Å². The zero-order valence-corrected chi connectivity index (χ0v) is 14.1. The molecule has 2 rings (SSSR count). The molecule has 1 aliphatic rings. The van der Waals surface area contributed by atoms with E-state index in [1.807, 2.05) is 0 Å². The van der Waals surface area contributed by atoms with Gasteiger partial charge in [0, 0.05) is 17.8 Å². The van der Waals surface area contributed by atoms with Gasteiger partial charge in [-0.25, -0.2) is 0 Å². The van der Waals surface area contributed by atoms with Crippen LogP contribution in [0.25, 0.3) is 0 Å². The maximum atomic E-state index is 13.3. The number of hydrazone groups is 1. The molecule has 0 saturated carbocycles. The summed E-state index contributed by atoms with van der Waals surface area (Å²) in [5, 5.41) is 15.5. The fraction of sp³-hybridized carbons (Fsp3) is 0.438. The van der Waals surface area contributed by atoms with Crippen molar-refractivity contribution in [2.45, 2.75) is 38.1 Å². The number of hydrogen-bond acceptors (Lipinski definition) is 5. The second kappa shape index (κ2) is 7.32. The van der Waals surface area contributed by atoms with Crippen molar-refractivity contribution in [1.29, 1.82) is 0 Å². The first-order valence-corrected chi connectivity index (χ1v) is 7.77. The standard InChI is InChI=1S/C16H18F3N3O4/c1-3-4-11-9-15(25,16(17,18)19)22(21-11)14(24)13(23)20-10-5-7-12(26-2)8-6-10/h5-8,25H,3-4,9H2,1-2H3,(H,20,23). The van der Waals surface area contributed by atoms with E-state index in [0.29, 0.717) is 12.2 Å². The lowest BCUT2D eigenvalue weighted by Gasteiger charge is -2.32. The number of hydrogen-bond donors (Lipinski definition) is 2. The van der Waals surface area contributed by atoms with Gasteiger partial charge in [-0.15, -0.1) is 0 Å². The fourth-order valence-corrected chi connectivity index (χ4v) is 2.43. The maximum Gasteiger partial charge on any atom is 0.438 e. The monoisotopic (exact) mass is 373 g/mol. The minimum Gasteiger partial charge on any atom is -0.497 e. The lowest BCUT2D eigenvalue weighted by atomic mass is 10.0. The Kier molecular flexibility index (Phi) is 5.55. The Hall–Kier alpha value is -2.62. The molecule has 7 nitrogen and oxygen atoms in total. The number of benzene rings is 1. The molecule has 1 heterocycles. The highest BCUT2D eigenvalue weighted by Gasteiger charge is 2.63. The van der Waals surface area contributed by atoms with Gasteiger partial charge in [-0.1, -0.05) is 13.3 Å². The van der Waals surface area contributed by atoms with Crippen LogP contribution in [0.4, 0.5) is 18.9 Å². The number of alkyl halides is 3. The van der Waals surface area contributed by atoms with Crippen LogP contribution in [0.5, 0.6) is 5.75 Å². The van der Waals surface area contributed by atoms with Gasteiger partial charge in [-0.2, -0.15) is 23.3 Å². The van der Waals surface area contributed by atoms with Crippen molar-refractivity contribution in [3.8, 4) is 5.75 Å². The number of carbonyl (C=O) groups excluding carboxylic acids is 2. The molecule has 0 radical (unpaired) electrons. The average Bonchev–Trinajstić information content (AvgIpc) is 2.92. The molecule has 0 fully saturated rings. The quantitative estimate of drug-likeness (QED) is 0.792. The first kappa shape index (κ1) is 19.7. The maximum absolute atomic E-state index is 13.3. The summed E-state index contributed by atoms with van der Waals surface area (Å²) in [4.78, 5) is 24.3. The van der Waals surface area contributed by atoms with Gasteiger partial charge < -0.3 is 15.2 Å². The molecule has 2 N–H and O–H groups in total. The Morgan fingerprint density at radius 3 is 2.46 bits per heavy atom. The molecule has 0 aromatic heterocycles. The number of nitrogens with one attached hydrogen (secondary N) is 1. The van der Waals surface area contributed by atoms with Gasteiger partial charge in [0.05, 0.1) is 7.11 Å². The summed E-state index contributed by atoms with van der Waals surface area (Å²) in [7, 11) is 1.44. The molecule has 0 bridgehead atoms. The molecule has 2 amide bonds. The Balaban J connectivity index is 2.21. The van der Waals surface area contributed by atoms with E-state index in [9.17, 15) is 27.9 Å². The molecule has 0 saturated heterocycles. The summed E-state index contributed by atoms with van der Waals surface area (Å²) in [6.07, 6.45) is -5.40. The molecule has 1 aliphatic heterocycles. The normalized spacial score (nSPS) is 19.9. The van der Waals surface area contributed by atoms with Crippen LogP contribution >= 0.6 is 0 Å². The largest absolute Gasteiger partial charge is 0.497 e. The first-order chi connectivity index (χ1) is 12.1. The van der Waals surface area contributed by atoms with E-state index in [2.05, 4.69) is 10.4 Å². The van der Waals surface area contributed by atoms with E-state index in [-0.39, 0.29) is 22.8 Å². The van der Waals surface area contributed by atoms with Gasteiger partial charge in [0.2, 0.25) is 0 Å². The summed E-state index contributed by atoms with van der Waals surface area (Å²) in [5.74, 6) is -2.46. The Bertz CT molecular complexity index is 718. The van der Waals surface area contributed by atoms with E-state index < -0.39 is 30.1 Å². The summed E-state index contributed by atoms with van der Waals surface area (Å²) in [6, 6.07) is 5.82. The van der Waals surface area contributed by atoms with Crippen LogP contribution in [0.3, 0.4) is 0 Å². The highest BCUT2D eigenvalue weighted by atomic mass is 19.4. The lowest BCUT2D eigenvalue weighted by Crippen LogP contribution is -2.58. The molecule has 142 valence electrons. The van der Waals surface area contributed by atoms with Gasteiger partial charge in [0.1, 0.15) is 5.75 Å². The Morgan fingerprint density at radius 1 is 1.35 bits per heavy atom. The Morgan fingerprint density at radius 2 is 1.96 bits per heavy atom. The molecular weight excluding hydrogens is 355 g/mol. The lowest BCUT2D eigenvalue weighted by molar-refractivity contribution is -0.301. The van der Waals surface area contributed by atoms with Crippen LogP contribution in [0.2, 0.25) is 0 Å². The average molecular weight is 373 g/mol. The number of nitrogens with zero attached hydrogens (tertiary/aromatic N) is 2. The molecule has 26 heavy (non-hydrogen) atoms. The van der Waals surface area contributed by atoms with Crippen LogP contribution < -0.4 is 10.1 Å². The number of halogens is 3. The van der Waals surface area contributed by atoms with Gasteiger partial charge in [0.15, 0.2) is 0 Å². The zero-order valence-electron chi connectivity index (χ0n) is 14.1. The molecule has 1 unspecified atom stereocenters. The molecule has 0 spiro atoms. The van der Waals surface area contributed by atoms with Crippen LogP contribution in [0, 0.1) is 0 Å². The SMILES string of the molecule is CCCC1=NN(C(=O)C(=O)Nc2ccc(OC)cc2)C(O)(C(F)(F)F)C1. The molecule has 1 atom stereocenters. The summed E-state index contributed by atoms with van der Waals surface area (Å²) >= 11 is 0. The minimum atomic E-state index is -5.16. The number of methoxy groups -OCH3 is 1. The van der Waals surface area contributed by atoms with Gasteiger partial charge in [-0.3, -0.25) is 9.59 Å². The van der Waals surface area contributed by atoms with Gasteiger partial charge in [0.25, 0.3) is 5.72 Å². The number of amides is 2. The van der Waals surface area contributed by atoms with E-state index in [1.54, 1.807) is 6.92 Å². The highest BCUT2D eigenvalue weighted by Crippen LogP contribution is 2.41. The molecule has 1 aromatic carbocycles. The number of rotatable bonds is 4. The third-order valence-electron chi connectivity index (χ3n) is 3.77. The predicted octanol–water partition coefficient (Wildman–Crippen LogP) is 2.27. The summed E-state index contributed by atoms with van der Waals surface area (Å²) in [5.41, 5.74) is -3.36. The summed E-state index contributed by atoms with van der Waals surface area (Å²) in [6.45, 7) is 1.72. The van der Waals surface area contributed by atoms with E-state index >= 15 is 0 Å². The van der Waals surface area contributed by atoms with Crippen molar-refractivity contribution in [2.75, 3.05) is 12.4 Å². The molecule has 0 aliphatic carbocycles. The number of ether oxygens (including phenoxy) is 1. The molecule has 10 heteroatoms. The number of anilines is 1. The van der Waals surface area contributed by atoms with Crippen LogP contribution in [-0.2, 0) is 9.59 Å². The van der Waals surface area contributed by atoms with Crippen molar-refractivity contribution >= 4 is 23.2 Å². The van der Waals surface area contributed by atoms with Crippen molar-refractivity contribution in [1.82, 2.24) is 5.01 Å². The smallest absolute Gasteiger partial charge is 0.438 e. The number of carbonyl (C=O) groups is 2. The predicted molar refractivity (Wildman–Crippen MR) is 86.4 cm³/mol. The van der Waals surface area contributed by atoms with Gasteiger partial charge in [-0.05, 0) is 30.7 Å². The number of aliphatic hydroxyl groups is 1. The van der Waals surface area contributed by atoms with Crippen molar-refractivity contribution in [3.63, 3.8) is 0 Å². The first-order valence-electron chi connectivity index (χ1n) is 7.77. The summed E-state index contributed by atoms with van der Waals surface area (Å²) < 4.78 is 44.8. The minimum absolute atomic E-state index is 0.00192. The van der Waals surface area contributed by atoms with E-state index in [4.69, 9.17) is 4.74 Å². The highest BCUT2D eigenvalue weighted by molar-refractivity contribution is 6.39. The van der Waals surface area contributed by atoms with E-state index in [0.717, 1.165) is 0 Å². The van der Waals surface area contributed by atoms with Crippen LogP contribution in [0.1, 0.15) is 26.2 Å².